The fourth-order valence-electron chi connectivity index (χ4n) is 2.12. The molecule has 3 amide bonds. The molecule has 9 heteroatoms. The Hall–Kier alpha value is -3.10. The molecule has 0 fully saturated rings. The molecular weight excluding hydrogens is 318 g/mol. The van der Waals surface area contributed by atoms with E-state index >= 15 is 0 Å². The van der Waals surface area contributed by atoms with Crippen LogP contribution < -0.4 is 20.3 Å². The van der Waals surface area contributed by atoms with Crippen molar-refractivity contribution in [3.8, 4) is 5.75 Å². The third-order valence-corrected chi connectivity index (χ3v) is 3.33. The lowest BCUT2D eigenvalue weighted by Gasteiger charge is -2.29. The van der Waals surface area contributed by atoms with Gasteiger partial charge >= 0.3 is 5.97 Å². The number of carboxylic acids is 1. The van der Waals surface area contributed by atoms with Gasteiger partial charge < -0.3 is 20.5 Å². The number of hydrogen-bond donors (Lipinski definition) is 3. The Morgan fingerprint density at radius 3 is 2.67 bits per heavy atom. The Morgan fingerprint density at radius 1 is 1.25 bits per heavy atom. The quantitative estimate of drug-likeness (QED) is 0.670. The molecule has 24 heavy (non-hydrogen) atoms. The lowest BCUT2D eigenvalue weighted by Crippen LogP contribution is -2.44. The van der Waals surface area contributed by atoms with Crippen LogP contribution in [-0.2, 0) is 19.2 Å². The number of anilines is 2. The Labute approximate surface area is 137 Å². The fourth-order valence-corrected chi connectivity index (χ4v) is 2.12. The van der Waals surface area contributed by atoms with Gasteiger partial charge in [0.2, 0.25) is 11.8 Å². The molecule has 1 aliphatic rings. The van der Waals surface area contributed by atoms with E-state index in [9.17, 15) is 19.2 Å². The number of aliphatic carboxylic acids is 1. The first-order valence-corrected chi connectivity index (χ1v) is 7.20. The molecule has 0 bridgehead atoms. The topological polar surface area (TPSA) is 125 Å². The van der Waals surface area contributed by atoms with Crippen molar-refractivity contribution in [3.05, 3.63) is 18.2 Å². The summed E-state index contributed by atoms with van der Waals surface area (Å²) in [5.41, 5.74) is 0.844. The van der Waals surface area contributed by atoms with E-state index in [4.69, 9.17) is 9.84 Å². The van der Waals surface area contributed by atoms with Gasteiger partial charge in [0, 0.05) is 25.2 Å². The average Bonchev–Trinajstić information content (AvgIpc) is 2.55. The van der Waals surface area contributed by atoms with Crippen LogP contribution >= 0.6 is 0 Å². The van der Waals surface area contributed by atoms with E-state index in [1.807, 2.05) is 0 Å². The number of nitrogens with one attached hydrogen (secondary N) is 2. The first-order chi connectivity index (χ1) is 11.4. The summed E-state index contributed by atoms with van der Waals surface area (Å²) in [5, 5.41) is 13.6. The molecule has 1 heterocycles. The molecule has 0 unspecified atom stereocenters. The fraction of sp³-hybridized carbons (Fsp3) is 0.333. The minimum atomic E-state index is -1.05. The third-order valence-electron chi connectivity index (χ3n) is 3.33. The van der Waals surface area contributed by atoms with Crippen LogP contribution in [-0.4, -0.2) is 49.0 Å². The van der Waals surface area contributed by atoms with Gasteiger partial charge in [-0.3, -0.25) is 24.1 Å². The van der Waals surface area contributed by atoms with Gasteiger partial charge in [-0.15, -0.1) is 0 Å². The molecule has 0 aromatic heterocycles. The summed E-state index contributed by atoms with van der Waals surface area (Å²) in [4.78, 5) is 46.8. The highest BCUT2D eigenvalue weighted by atomic mass is 16.5. The zero-order chi connectivity index (χ0) is 17.7. The SMILES string of the molecule is CNC(=O)CN1C(=O)COc2cc(NC(=O)CCC(=O)O)ccc21. The number of ether oxygens (including phenoxy) is 1. The van der Waals surface area contributed by atoms with E-state index in [0.29, 0.717) is 17.1 Å². The van der Waals surface area contributed by atoms with E-state index in [1.165, 1.54) is 18.0 Å². The molecule has 2 rings (SSSR count). The molecule has 9 nitrogen and oxygen atoms in total. The third kappa shape index (κ3) is 4.22. The summed E-state index contributed by atoms with van der Waals surface area (Å²) in [6.45, 7) is -0.337. The minimum absolute atomic E-state index is 0.129. The Morgan fingerprint density at radius 2 is 2.00 bits per heavy atom. The highest BCUT2D eigenvalue weighted by molar-refractivity contribution is 6.02. The molecule has 0 atom stereocenters. The largest absolute Gasteiger partial charge is 0.481 e. The zero-order valence-corrected chi connectivity index (χ0v) is 13.0. The van der Waals surface area contributed by atoms with Gasteiger partial charge in [0.05, 0.1) is 12.1 Å². The van der Waals surface area contributed by atoms with Crippen LogP contribution in [0.25, 0.3) is 0 Å². The number of carbonyl (C=O) groups is 4. The molecule has 128 valence electrons. The summed E-state index contributed by atoms with van der Waals surface area (Å²) in [7, 11) is 1.48. The first kappa shape index (κ1) is 17.3. The number of carboxylic acid groups (broad SMARTS) is 1. The monoisotopic (exact) mass is 335 g/mol. The molecule has 0 radical (unpaired) electrons. The van der Waals surface area contributed by atoms with Crippen molar-refractivity contribution in [2.45, 2.75) is 12.8 Å². The molecule has 3 N–H and O–H groups in total. The van der Waals surface area contributed by atoms with Crippen molar-refractivity contribution >= 4 is 35.1 Å². The number of rotatable bonds is 6. The van der Waals surface area contributed by atoms with E-state index in [2.05, 4.69) is 10.6 Å². The summed E-state index contributed by atoms with van der Waals surface area (Å²) < 4.78 is 5.33. The van der Waals surface area contributed by atoms with E-state index in [0.717, 1.165) is 0 Å². The Bertz CT molecular complexity index is 688. The maximum absolute atomic E-state index is 11.9. The summed E-state index contributed by atoms with van der Waals surface area (Å²) >= 11 is 0. The Balaban J connectivity index is 2.12. The number of benzene rings is 1. The lowest BCUT2D eigenvalue weighted by atomic mass is 10.2. The standard InChI is InChI=1S/C15H17N3O6/c1-16-13(20)7-18-10-3-2-9(6-11(10)24-8-14(18)21)17-12(19)4-5-15(22)23/h2-3,6H,4-5,7-8H2,1H3,(H,16,20)(H,17,19)(H,22,23). The number of fused-ring (bicyclic) bond motifs is 1. The highest BCUT2D eigenvalue weighted by Gasteiger charge is 2.27. The average molecular weight is 335 g/mol. The molecule has 0 saturated carbocycles. The number of likely N-dealkylation sites (N-methyl/N-ethyl adjacent to an activating group) is 1. The van der Waals surface area contributed by atoms with Gasteiger partial charge in [-0.25, -0.2) is 0 Å². The molecule has 0 spiro atoms. The molecule has 0 aliphatic carbocycles. The van der Waals surface area contributed by atoms with Gasteiger partial charge in [-0.05, 0) is 12.1 Å². The van der Waals surface area contributed by atoms with Crippen molar-refractivity contribution in [1.82, 2.24) is 5.32 Å². The van der Waals surface area contributed by atoms with Crippen LogP contribution in [0.3, 0.4) is 0 Å². The maximum Gasteiger partial charge on any atom is 0.303 e. The maximum atomic E-state index is 11.9. The minimum Gasteiger partial charge on any atom is -0.481 e. The summed E-state index contributed by atoms with van der Waals surface area (Å²) in [6.07, 6.45) is -0.407. The lowest BCUT2D eigenvalue weighted by molar-refractivity contribution is -0.138. The molecule has 0 saturated heterocycles. The van der Waals surface area contributed by atoms with E-state index < -0.39 is 11.9 Å². The summed E-state index contributed by atoms with van der Waals surface area (Å²) in [5.74, 6) is -1.80. The normalized spacial score (nSPS) is 12.9. The molecule has 1 aromatic carbocycles. The van der Waals surface area contributed by atoms with Crippen molar-refractivity contribution in [3.63, 3.8) is 0 Å². The molecular formula is C15H17N3O6. The second kappa shape index (κ2) is 7.44. The van der Waals surface area contributed by atoms with Crippen LogP contribution in [0.1, 0.15) is 12.8 Å². The van der Waals surface area contributed by atoms with Crippen LogP contribution in [0.2, 0.25) is 0 Å². The molecule has 1 aliphatic heterocycles. The predicted molar refractivity (Wildman–Crippen MR) is 83.9 cm³/mol. The number of amides is 3. The van der Waals surface area contributed by atoms with E-state index in [-0.39, 0.29) is 37.8 Å². The van der Waals surface area contributed by atoms with Gasteiger partial charge in [0.15, 0.2) is 6.61 Å². The van der Waals surface area contributed by atoms with Gasteiger partial charge in [0.25, 0.3) is 5.91 Å². The van der Waals surface area contributed by atoms with Crippen molar-refractivity contribution in [1.29, 1.82) is 0 Å². The second-order valence-corrected chi connectivity index (χ2v) is 5.07. The first-order valence-electron chi connectivity index (χ1n) is 7.20. The van der Waals surface area contributed by atoms with E-state index in [1.54, 1.807) is 12.1 Å². The van der Waals surface area contributed by atoms with Gasteiger partial charge in [-0.2, -0.15) is 0 Å². The van der Waals surface area contributed by atoms with Crippen LogP contribution in [0.15, 0.2) is 18.2 Å². The van der Waals surface area contributed by atoms with Gasteiger partial charge in [-0.1, -0.05) is 0 Å². The molecule has 1 aromatic rings. The van der Waals surface area contributed by atoms with Crippen LogP contribution in [0, 0.1) is 0 Å². The van der Waals surface area contributed by atoms with Crippen molar-refractivity contribution < 1.29 is 29.0 Å². The van der Waals surface area contributed by atoms with Crippen LogP contribution in [0.4, 0.5) is 11.4 Å². The summed E-state index contributed by atoms with van der Waals surface area (Å²) in [6, 6.07) is 4.63. The Kier molecular flexibility index (Phi) is 5.35. The number of carbonyl (C=O) groups excluding carboxylic acids is 3. The van der Waals surface area contributed by atoms with Crippen molar-refractivity contribution in [2.24, 2.45) is 0 Å². The highest BCUT2D eigenvalue weighted by Crippen LogP contribution is 2.34. The smallest absolute Gasteiger partial charge is 0.303 e. The van der Waals surface area contributed by atoms with Crippen molar-refractivity contribution in [2.75, 3.05) is 30.4 Å². The zero-order valence-electron chi connectivity index (χ0n) is 13.0. The number of nitrogens with zero attached hydrogens (tertiary/aromatic N) is 1. The second-order valence-electron chi connectivity index (χ2n) is 5.07. The van der Waals surface area contributed by atoms with Crippen LogP contribution in [0.5, 0.6) is 5.75 Å². The predicted octanol–water partition coefficient (Wildman–Crippen LogP) is -0.0387. The number of hydrogen-bond acceptors (Lipinski definition) is 5. The van der Waals surface area contributed by atoms with Gasteiger partial charge in [0.1, 0.15) is 12.3 Å².